The number of nitrogens with zero attached hydrogens (tertiary/aromatic N) is 3. The van der Waals surface area contributed by atoms with Crippen molar-refractivity contribution in [1.82, 2.24) is 20.1 Å². The van der Waals surface area contributed by atoms with Crippen LogP contribution in [0.5, 0.6) is 0 Å². The van der Waals surface area contributed by atoms with E-state index in [1.807, 2.05) is 16.9 Å². The van der Waals surface area contributed by atoms with Gasteiger partial charge >= 0.3 is 0 Å². The molecule has 1 fully saturated rings. The number of fused-ring (bicyclic) bond motifs is 1. The molecule has 5 heteroatoms. The van der Waals surface area contributed by atoms with Gasteiger partial charge in [0, 0.05) is 11.9 Å². The minimum Gasteiger partial charge on any atom is -0.397 e. The molecular formula is C11H15N5. The number of anilines is 1. The zero-order valence-corrected chi connectivity index (χ0v) is 9.06. The zero-order chi connectivity index (χ0) is 11.0. The summed E-state index contributed by atoms with van der Waals surface area (Å²) in [6.07, 6.45) is 5.89. The first-order valence-electron chi connectivity index (χ1n) is 5.64. The van der Waals surface area contributed by atoms with Crippen molar-refractivity contribution < 1.29 is 0 Å². The first kappa shape index (κ1) is 9.59. The van der Waals surface area contributed by atoms with Crippen molar-refractivity contribution in [3.8, 4) is 0 Å². The van der Waals surface area contributed by atoms with E-state index in [2.05, 4.69) is 15.4 Å². The van der Waals surface area contributed by atoms with Gasteiger partial charge in [0.15, 0.2) is 5.65 Å². The number of nitrogens with two attached hydrogens (primary N) is 1. The van der Waals surface area contributed by atoms with Crippen molar-refractivity contribution in [3.63, 3.8) is 0 Å². The molecule has 1 atom stereocenters. The Bertz CT molecular complexity index is 498. The summed E-state index contributed by atoms with van der Waals surface area (Å²) in [6, 6.07) is 2.34. The predicted octanol–water partition coefficient (Wildman–Crippen LogP) is 0.938. The maximum Gasteiger partial charge on any atom is 0.158 e. The third kappa shape index (κ3) is 1.53. The fourth-order valence-corrected chi connectivity index (χ4v) is 2.27. The number of pyridine rings is 1. The van der Waals surface area contributed by atoms with Crippen molar-refractivity contribution in [2.24, 2.45) is 0 Å². The minimum absolute atomic E-state index is 0.419. The van der Waals surface area contributed by atoms with E-state index in [4.69, 9.17) is 5.73 Å². The van der Waals surface area contributed by atoms with Crippen LogP contribution in [-0.4, -0.2) is 27.9 Å². The Morgan fingerprint density at radius 1 is 1.44 bits per heavy atom. The van der Waals surface area contributed by atoms with Gasteiger partial charge in [0.05, 0.1) is 24.1 Å². The lowest BCUT2D eigenvalue weighted by atomic mass is 10.1. The molecule has 0 radical (unpaired) electrons. The van der Waals surface area contributed by atoms with E-state index in [1.165, 1.54) is 6.42 Å². The first-order valence-corrected chi connectivity index (χ1v) is 5.64. The normalized spacial score (nSPS) is 21.4. The molecule has 2 aromatic rings. The molecule has 0 saturated carbocycles. The van der Waals surface area contributed by atoms with Gasteiger partial charge in [0.25, 0.3) is 0 Å². The minimum atomic E-state index is 0.419. The average Bonchev–Trinajstić information content (AvgIpc) is 2.73. The number of aromatic nitrogens is 3. The second-order valence-electron chi connectivity index (χ2n) is 4.27. The fourth-order valence-electron chi connectivity index (χ4n) is 2.27. The molecule has 84 valence electrons. The van der Waals surface area contributed by atoms with Crippen LogP contribution in [0.15, 0.2) is 18.5 Å². The third-order valence-electron chi connectivity index (χ3n) is 3.07. The Kier molecular flexibility index (Phi) is 2.25. The lowest BCUT2D eigenvalue weighted by molar-refractivity contribution is 0.353. The van der Waals surface area contributed by atoms with E-state index >= 15 is 0 Å². The van der Waals surface area contributed by atoms with E-state index in [-0.39, 0.29) is 0 Å². The highest BCUT2D eigenvalue weighted by Crippen LogP contribution is 2.21. The zero-order valence-electron chi connectivity index (χ0n) is 9.06. The average molecular weight is 217 g/mol. The van der Waals surface area contributed by atoms with Crippen molar-refractivity contribution in [3.05, 3.63) is 18.5 Å². The number of nitrogen functional groups attached to an aromatic ring is 1. The van der Waals surface area contributed by atoms with Crippen LogP contribution in [0, 0.1) is 0 Å². The smallest absolute Gasteiger partial charge is 0.158 e. The lowest BCUT2D eigenvalue weighted by Gasteiger charge is -2.23. The molecule has 1 unspecified atom stereocenters. The van der Waals surface area contributed by atoms with Gasteiger partial charge in [-0.3, -0.25) is 0 Å². The Morgan fingerprint density at radius 3 is 3.19 bits per heavy atom. The van der Waals surface area contributed by atoms with E-state index in [0.717, 1.165) is 30.5 Å². The molecule has 0 spiro atoms. The third-order valence-corrected chi connectivity index (χ3v) is 3.07. The quantitative estimate of drug-likeness (QED) is 0.746. The lowest BCUT2D eigenvalue weighted by Crippen LogP contribution is -2.32. The van der Waals surface area contributed by atoms with Gasteiger partial charge in [-0.05, 0) is 25.5 Å². The van der Waals surface area contributed by atoms with Gasteiger partial charge in [-0.15, -0.1) is 0 Å². The van der Waals surface area contributed by atoms with Crippen LogP contribution < -0.4 is 11.1 Å². The van der Waals surface area contributed by atoms with Crippen molar-refractivity contribution in [2.75, 3.05) is 18.8 Å². The first-order chi connectivity index (χ1) is 7.84. The van der Waals surface area contributed by atoms with Gasteiger partial charge in [-0.2, -0.15) is 5.10 Å². The summed E-state index contributed by atoms with van der Waals surface area (Å²) in [6.45, 7) is 2.08. The monoisotopic (exact) mass is 217 g/mol. The molecule has 1 saturated heterocycles. The Labute approximate surface area is 93.6 Å². The largest absolute Gasteiger partial charge is 0.397 e. The topological polar surface area (TPSA) is 68.8 Å². The van der Waals surface area contributed by atoms with Crippen molar-refractivity contribution in [2.45, 2.75) is 18.9 Å². The van der Waals surface area contributed by atoms with E-state index < -0.39 is 0 Å². The molecule has 1 aliphatic heterocycles. The molecule has 1 aliphatic rings. The summed E-state index contributed by atoms with van der Waals surface area (Å²) in [5.41, 5.74) is 7.32. The summed E-state index contributed by atoms with van der Waals surface area (Å²) < 4.78 is 2.01. The second kappa shape index (κ2) is 3.75. The van der Waals surface area contributed by atoms with Crippen LogP contribution in [0.25, 0.3) is 11.0 Å². The Balaban J connectivity index is 2.03. The molecule has 3 rings (SSSR count). The summed E-state index contributed by atoms with van der Waals surface area (Å²) in [5.74, 6) is 0. The van der Waals surface area contributed by atoms with E-state index in [9.17, 15) is 0 Å². The summed E-state index contributed by atoms with van der Waals surface area (Å²) >= 11 is 0. The van der Waals surface area contributed by atoms with Crippen molar-refractivity contribution in [1.29, 1.82) is 0 Å². The van der Waals surface area contributed by atoms with Crippen LogP contribution >= 0.6 is 0 Å². The van der Waals surface area contributed by atoms with Crippen LogP contribution in [0.2, 0.25) is 0 Å². The maximum absolute atomic E-state index is 5.70. The standard InChI is InChI=1S/C11H15N5/c12-9-4-8-5-15-16(11(8)14-6-9)10-2-1-3-13-7-10/h4-6,10,13H,1-3,7,12H2. The number of hydrogen-bond acceptors (Lipinski definition) is 4. The van der Waals surface area contributed by atoms with E-state index in [0.29, 0.717) is 11.7 Å². The number of hydrogen-bond donors (Lipinski definition) is 2. The summed E-state index contributed by atoms with van der Waals surface area (Å²) in [5, 5.41) is 8.82. The molecule has 0 aromatic carbocycles. The highest BCUT2D eigenvalue weighted by atomic mass is 15.3. The number of rotatable bonds is 1. The molecule has 3 heterocycles. The molecule has 0 bridgehead atoms. The van der Waals surface area contributed by atoms with Gasteiger partial charge in [-0.25, -0.2) is 9.67 Å². The van der Waals surface area contributed by atoms with Crippen LogP contribution in [0.1, 0.15) is 18.9 Å². The van der Waals surface area contributed by atoms with Crippen LogP contribution in [-0.2, 0) is 0 Å². The van der Waals surface area contributed by atoms with Gasteiger partial charge < -0.3 is 11.1 Å². The highest BCUT2D eigenvalue weighted by Gasteiger charge is 2.18. The molecule has 0 amide bonds. The van der Waals surface area contributed by atoms with E-state index in [1.54, 1.807) is 6.20 Å². The highest BCUT2D eigenvalue weighted by molar-refractivity contribution is 5.77. The SMILES string of the molecule is Nc1cnc2c(cnn2C2CCCNC2)c1. The summed E-state index contributed by atoms with van der Waals surface area (Å²) in [7, 11) is 0. The summed E-state index contributed by atoms with van der Waals surface area (Å²) in [4.78, 5) is 4.36. The van der Waals surface area contributed by atoms with Crippen molar-refractivity contribution >= 4 is 16.7 Å². The van der Waals surface area contributed by atoms with Gasteiger partial charge in [0.1, 0.15) is 0 Å². The fraction of sp³-hybridized carbons (Fsp3) is 0.455. The molecule has 16 heavy (non-hydrogen) atoms. The Hall–Kier alpha value is -1.62. The molecule has 2 aromatic heterocycles. The maximum atomic E-state index is 5.70. The number of nitrogens with one attached hydrogen (secondary N) is 1. The molecule has 3 N–H and O–H groups in total. The predicted molar refractivity (Wildman–Crippen MR) is 63.1 cm³/mol. The number of piperidine rings is 1. The van der Waals surface area contributed by atoms with Crippen LogP contribution in [0.3, 0.4) is 0 Å². The Morgan fingerprint density at radius 2 is 2.38 bits per heavy atom. The van der Waals surface area contributed by atoms with Gasteiger partial charge in [-0.1, -0.05) is 0 Å². The van der Waals surface area contributed by atoms with Gasteiger partial charge in [0.2, 0.25) is 0 Å². The second-order valence-corrected chi connectivity index (χ2v) is 4.27. The van der Waals surface area contributed by atoms with Crippen LogP contribution in [0.4, 0.5) is 5.69 Å². The molecule has 5 nitrogen and oxygen atoms in total. The molecule has 0 aliphatic carbocycles. The molecular weight excluding hydrogens is 202 g/mol.